The Morgan fingerprint density at radius 1 is 1.19 bits per heavy atom. The third-order valence-corrected chi connectivity index (χ3v) is 6.07. The quantitative estimate of drug-likeness (QED) is 0.663. The monoisotopic (exact) mass is 418 g/mol. The molecule has 3 rings (SSSR count). The molecule has 2 aromatic rings. The summed E-state index contributed by atoms with van der Waals surface area (Å²) >= 11 is 0. The van der Waals surface area contributed by atoms with E-state index in [2.05, 4.69) is 22.8 Å². The minimum atomic E-state index is -0.265. The van der Waals surface area contributed by atoms with E-state index in [0.29, 0.717) is 30.1 Å². The Balaban J connectivity index is 1.80. The van der Waals surface area contributed by atoms with Crippen LogP contribution in [-0.4, -0.2) is 41.8 Å². The van der Waals surface area contributed by atoms with Gasteiger partial charge >= 0.3 is 0 Å². The summed E-state index contributed by atoms with van der Waals surface area (Å²) in [5, 5.41) is 9.25. The average Bonchev–Trinajstić information content (AvgIpc) is 2.77. The van der Waals surface area contributed by atoms with Crippen LogP contribution in [0.4, 0.5) is 5.69 Å². The van der Waals surface area contributed by atoms with Gasteiger partial charge in [0, 0.05) is 49.4 Å². The molecule has 1 aliphatic heterocycles. The molecule has 31 heavy (non-hydrogen) atoms. The summed E-state index contributed by atoms with van der Waals surface area (Å²) < 4.78 is 0. The van der Waals surface area contributed by atoms with Crippen LogP contribution in [0.15, 0.2) is 48.5 Å². The smallest absolute Gasteiger partial charge is 0.218 e. The first-order chi connectivity index (χ1) is 14.9. The van der Waals surface area contributed by atoms with Crippen molar-refractivity contribution in [2.75, 3.05) is 18.0 Å². The van der Waals surface area contributed by atoms with Crippen molar-refractivity contribution >= 4 is 17.4 Å². The van der Waals surface area contributed by atoms with Gasteiger partial charge in [0.15, 0.2) is 5.78 Å². The summed E-state index contributed by atoms with van der Waals surface area (Å²) in [6, 6.07) is 18.2. The van der Waals surface area contributed by atoms with Crippen molar-refractivity contribution in [3.05, 3.63) is 65.2 Å². The summed E-state index contributed by atoms with van der Waals surface area (Å²) in [5.41, 5.74) is 8.87. The number of carbonyl (C=O) groups excluding carboxylic acids is 2. The van der Waals surface area contributed by atoms with Gasteiger partial charge in [-0.2, -0.15) is 5.26 Å². The zero-order valence-electron chi connectivity index (χ0n) is 18.3. The Hall–Kier alpha value is -3.17. The van der Waals surface area contributed by atoms with E-state index in [1.807, 2.05) is 48.5 Å². The molecule has 1 atom stereocenters. The van der Waals surface area contributed by atoms with E-state index in [1.165, 1.54) is 0 Å². The number of likely N-dealkylation sites (tertiary alicyclic amines) is 1. The first-order valence-corrected chi connectivity index (χ1v) is 10.8. The molecule has 1 amide bonds. The molecule has 1 aliphatic rings. The van der Waals surface area contributed by atoms with Crippen LogP contribution >= 0.6 is 0 Å². The summed E-state index contributed by atoms with van der Waals surface area (Å²) in [6.45, 7) is 6.12. The molecule has 0 aromatic heterocycles. The Bertz CT molecular complexity index is 956. The van der Waals surface area contributed by atoms with Gasteiger partial charge in [-0.25, -0.2) is 0 Å². The van der Waals surface area contributed by atoms with Crippen molar-refractivity contribution in [1.29, 1.82) is 5.26 Å². The third-order valence-electron chi connectivity index (χ3n) is 6.07. The molecule has 1 saturated heterocycles. The number of nitriles is 1. The van der Waals surface area contributed by atoms with Crippen molar-refractivity contribution in [1.82, 2.24) is 4.90 Å². The topological polar surface area (TPSA) is 90.4 Å². The number of Topliss-reactive ketones (excluding diaryl/α,β-unsaturated/α-hetero) is 1. The third kappa shape index (κ3) is 5.93. The average molecular weight is 419 g/mol. The highest BCUT2D eigenvalue weighted by molar-refractivity contribution is 5.94. The molecule has 0 aliphatic carbocycles. The fraction of sp³-hybridized carbons (Fsp3) is 0.400. The normalized spacial score (nSPS) is 15.8. The highest BCUT2D eigenvalue weighted by atomic mass is 16.1. The lowest BCUT2D eigenvalue weighted by Crippen LogP contribution is -2.48. The molecule has 162 valence electrons. The van der Waals surface area contributed by atoms with Gasteiger partial charge in [0.1, 0.15) is 0 Å². The number of piperidine rings is 1. The van der Waals surface area contributed by atoms with Gasteiger partial charge in [0.2, 0.25) is 5.91 Å². The minimum absolute atomic E-state index is 0.0524. The van der Waals surface area contributed by atoms with Gasteiger partial charge in [-0.05, 0) is 68.7 Å². The van der Waals surface area contributed by atoms with Crippen molar-refractivity contribution in [2.45, 2.75) is 51.7 Å². The van der Waals surface area contributed by atoms with Crippen molar-refractivity contribution in [3.8, 4) is 6.07 Å². The molecule has 1 unspecified atom stereocenters. The second-order valence-electron chi connectivity index (χ2n) is 8.33. The van der Waals surface area contributed by atoms with Crippen LogP contribution in [0.1, 0.15) is 54.6 Å². The molecule has 0 radical (unpaired) electrons. The number of anilines is 1. The number of nitrogens with zero attached hydrogens (tertiary/aromatic N) is 3. The number of hydrogen-bond donors (Lipinski definition) is 1. The number of hydrogen-bond acceptors (Lipinski definition) is 5. The Morgan fingerprint density at radius 2 is 1.87 bits per heavy atom. The minimum Gasteiger partial charge on any atom is -0.370 e. The lowest BCUT2D eigenvalue weighted by atomic mass is 9.98. The van der Waals surface area contributed by atoms with Gasteiger partial charge in [0.25, 0.3) is 0 Å². The molecule has 1 fully saturated rings. The van der Waals surface area contributed by atoms with Crippen LogP contribution in [0, 0.1) is 11.3 Å². The number of benzene rings is 2. The fourth-order valence-electron chi connectivity index (χ4n) is 4.31. The van der Waals surface area contributed by atoms with Crippen molar-refractivity contribution in [3.63, 3.8) is 0 Å². The van der Waals surface area contributed by atoms with Crippen molar-refractivity contribution < 1.29 is 9.59 Å². The molecule has 0 spiro atoms. The van der Waals surface area contributed by atoms with Crippen molar-refractivity contribution in [2.24, 2.45) is 5.73 Å². The highest BCUT2D eigenvalue weighted by Crippen LogP contribution is 2.27. The Morgan fingerprint density at radius 3 is 2.45 bits per heavy atom. The molecule has 2 aromatic carbocycles. The van der Waals surface area contributed by atoms with E-state index in [-0.39, 0.29) is 17.7 Å². The van der Waals surface area contributed by atoms with Gasteiger partial charge in [-0.15, -0.1) is 0 Å². The summed E-state index contributed by atoms with van der Waals surface area (Å²) in [7, 11) is 0. The maximum atomic E-state index is 11.7. The Kier molecular flexibility index (Phi) is 7.43. The number of nitrogens with two attached hydrogens (primary N) is 1. The van der Waals surface area contributed by atoms with Crippen LogP contribution in [0.2, 0.25) is 0 Å². The predicted molar refractivity (Wildman–Crippen MR) is 122 cm³/mol. The fourth-order valence-corrected chi connectivity index (χ4v) is 4.31. The largest absolute Gasteiger partial charge is 0.370 e. The van der Waals surface area contributed by atoms with E-state index >= 15 is 0 Å². The number of primary amides is 1. The van der Waals surface area contributed by atoms with E-state index < -0.39 is 0 Å². The number of ketones is 1. The zero-order valence-corrected chi connectivity index (χ0v) is 18.3. The summed E-state index contributed by atoms with van der Waals surface area (Å²) in [5.74, 6) is -0.212. The van der Waals surface area contributed by atoms with E-state index in [0.717, 1.165) is 37.2 Å². The SMILES string of the molecule is CC(=O)c1ccc(N(Cc2cccc(C#N)c2)C2CCN(C(C)CC(N)=O)CC2)cc1. The first kappa shape index (κ1) is 22.5. The molecule has 6 nitrogen and oxygen atoms in total. The Labute approximate surface area is 184 Å². The molecular formula is C25H30N4O2. The predicted octanol–water partition coefficient (Wildman–Crippen LogP) is 3.50. The lowest BCUT2D eigenvalue weighted by molar-refractivity contribution is -0.119. The van der Waals surface area contributed by atoms with E-state index in [9.17, 15) is 14.9 Å². The lowest BCUT2D eigenvalue weighted by Gasteiger charge is -2.41. The number of amides is 1. The molecule has 0 saturated carbocycles. The molecule has 6 heteroatoms. The van der Waals surface area contributed by atoms with Gasteiger partial charge in [-0.3, -0.25) is 14.5 Å². The second kappa shape index (κ2) is 10.2. The second-order valence-corrected chi connectivity index (χ2v) is 8.33. The number of carbonyl (C=O) groups is 2. The van der Waals surface area contributed by atoms with Crippen LogP contribution in [-0.2, 0) is 11.3 Å². The maximum Gasteiger partial charge on any atom is 0.218 e. The van der Waals surface area contributed by atoms with Crippen LogP contribution in [0.3, 0.4) is 0 Å². The standard InChI is InChI=1S/C25H30N4O2/c1-18(14-25(27)31)28-12-10-24(11-13-28)29(17-21-5-3-4-20(15-21)16-26)23-8-6-22(7-9-23)19(2)30/h3-9,15,18,24H,10-14,17H2,1-2H3,(H2,27,31). The molecule has 0 bridgehead atoms. The van der Waals surface area contributed by atoms with Crippen LogP contribution in [0.25, 0.3) is 0 Å². The molecular weight excluding hydrogens is 388 g/mol. The van der Waals surface area contributed by atoms with Crippen LogP contribution in [0.5, 0.6) is 0 Å². The van der Waals surface area contributed by atoms with Gasteiger partial charge < -0.3 is 10.6 Å². The summed E-state index contributed by atoms with van der Waals surface area (Å²) in [4.78, 5) is 27.7. The molecule has 1 heterocycles. The summed E-state index contributed by atoms with van der Waals surface area (Å²) in [6.07, 6.45) is 2.31. The van der Waals surface area contributed by atoms with Crippen LogP contribution < -0.4 is 10.6 Å². The van der Waals surface area contributed by atoms with Gasteiger partial charge in [-0.1, -0.05) is 12.1 Å². The maximum absolute atomic E-state index is 11.7. The number of rotatable bonds is 8. The van der Waals surface area contributed by atoms with E-state index in [4.69, 9.17) is 5.73 Å². The van der Waals surface area contributed by atoms with Gasteiger partial charge in [0.05, 0.1) is 11.6 Å². The highest BCUT2D eigenvalue weighted by Gasteiger charge is 2.28. The first-order valence-electron chi connectivity index (χ1n) is 10.8. The van der Waals surface area contributed by atoms with E-state index in [1.54, 1.807) is 6.92 Å². The molecule has 2 N–H and O–H groups in total. The zero-order chi connectivity index (χ0) is 22.4.